The van der Waals surface area contributed by atoms with Crippen molar-refractivity contribution in [3.05, 3.63) is 12.7 Å². The third-order valence-electron chi connectivity index (χ3n) is 5.32. The van der Waals surface area contributed by atoms with Crippen LogP contribution in [0.2, 0.25) is 0 Å². The monoisotopic (exact) mass is 457 g/mol. The fourth-order valence-electron chi connectivity index (χ4n) is 3.77. The molecule has 186 valence electrons. The van der Waals surface area contributed by atoms with Crippen molar-refractivity contribution in [1.82, 2.24) is 5.32 Å². The van der Waals surface area contributed by atoms with E-state index in [4.69, 9.17) is 18.9 Å². The molecule has 8 heteroatoms. The van der Waals surface area contributed by atoms with Crippen LogP contribution in [0.15, 0.2) is 12.7 Å². The Morgan fingerprint density at radius 2 is 1.88 bits per heavy atom. The molecule has 2 N–H and O–H groups in total. The number of amides is 1. The topological polar surface area (TPSA) is 103 Å². The second-order valence-corrected chi connectivity index (χ2v) is 9.28. The van der Waals surface area contributed by atoms with E-state index in [1.54, 1.807) is 33.8 Å². The van der Waals surface area contributed by atoms with E-state index in [0.29, 0.717) is 26.1 Å². The maximum atomic E-state index is 12.4. The van der Waals surface area contributed by atoms with Gasteiger partial charge in [0.25, 0.3) is 0 Å². The average Bonchev–Trinajstić information content (AvgIpc) is 3.16. The molecule has 0 aromatic rings. The fourth-order valence-corrected chi connectivity index (χ4v) is 3.77. The minimum atomic E-state index is -1.01. The van der Waals surface area contributed by atoms with Crippen LogP contribution in [-0.2, 0) is 23.7 Å². The Morgan fingerprint density at radius 1 is 1.22 bits per heavy atom. The Morgan fingerprint density at radius 3 is 2.41 bits per heavy atom. The number of hydrogen-bond acceptors (Lipinski definition) is 7. The maximum Gasteiger partial charge on any atom is 0.407 e. The van der Waals surface area contributed by atoms with Crippen molar-refractivity contribution in [3.8, 4) is 0 Å². The molecule has 3 unspecified atom stereocenters. The van der Waals surface area contributed by atoms with E-state index in [2.05, 4.69) is 18.8 Å². The van der Waals surface area contributed by atoms with Gasteiger partial charge in [-0.25, -0.2) is 4.79 Å². The lowest BCUT2D eigenvalue weighted by atomic mass is 9.90. The molecule has 1 aliphatic rings. The van der Waals surface area contributed by atoms with Crippen molar-refractivity contribution >= 4 is 12.1 Å². The predicted octanol–water partition coefficient (Wildman–Crippen LogP) is 4.10. The minimum Gasteiger partial charge on any atom is -0.466 e. The lowest BCUT2D eigenvalue weighted by molar-refractivity contribution is -0.169. The van der Waals surface area contributed by atoms with E-state index in [1.807, 2.05) is 0 Å². The van der Waals surface area contributed by atoms with Crippen LogP contribution < -0.4 is 5.32 Å². The number of nitrogens with one attached hydrogen (secondary N) is 1. The molecule has 0 bridgehead atoms. The van der Waals surface area contributed by atoms with Crippen molar-refractivity contribution in [2.45, 2.75) is 103 Å². The van der Waals surface area contributed by atoms with Crippen molar-refractivity contribution < 1.29 is 33.6 Å². The SMILES string of the molecule is C=CCC(C(=O)OCC)C(O)CC(CCC1(CCCC)OCCO1)NC(=O)OC(C)(C)C. The van der Waals surface area contributed by atoms with Crippen LogP contribution in [0, 0.1) is 5.92 Å². The van der Waals surface area contributed by atoms with E-state index < -0.39 is 41.5 Å². The summed E-state index contributed by atoms with van der Waals surface area (Å²) in [6, 6.07) is -0.437. The number of alkyl carbamates (subject to hydrolysis) is 1. The molecule has 0 aromatic carbocycles. The molecule has 8 nitrogen and oxygen atoms in total. The van der Waals surface area contributed by atoms with E-state index in [-0.39, 0.29) is 19.4 Å². The summed E-state index contributed by atoms with van der Waals surface area (Å²) in [5.41, 5.74) is -0.649. The first-order valence-electron chi connectivity index (χ1n) is 11.8. The number of allylic oxidation sites excluding steroid dienone is 1. The van der Waals surface area contributed by atoms with Crippen molar-refractivity contribution in [2.24, 2.45) is 5.92 Å². The minimum absolute atomic E-state index is 0.167. The summed E-state index contributed by atoms with van der Waals surface area (Å²) in [6.45, 7) is 14.2. The number of carbonyl (C=O) groups is 2. The number of carbonyl (C=O) groups excluding carboxylic acids is 2. The number of aliphatic hydroxyl groups is 1. The molecule has 3 atom stereocenters. The quantitative estimate of drug-likeness (QED) is 0.299. The lowest BCUT2D eigenvalue weighted by Gasteiger charge is -2.31. The van der Waals surface area contributed by atoms with Gasteiger partial charge in [-0.15, -0.1) is 6.58 Å². The van der Waals surface area contributed by atoms with Gasteiger partial charge < -0.3 is 29.4 Å². The largest absolute Gasteiger partial charge is 0.466 e. The second kappa shape index (κ2) is 13.8. The van der Waals surface area contributed by atoms with E-state index in [9.17, 15) is 14.7 Å². The van der Waals surface area contributed by atoms with Crippen LogP contribution in [0.5, 0.6) is 0 Å². The Kier molecular flexibility index (Phi) is 12.2. The highest BCUT2D eigenvalue weighted by atomic mass is 16.7. The van der Waals surface area contributed by atoms with Crippen LogP contribution in [0.4, 0.5) is 4.79 Å². The van der Waals surface area contributed by atoms with Gasteiger partial charge in [0, 0.05) is 18.9 Å². The molecular formula is C24H43NO7. The molecule has 1 saturated heterocycles. The van der Waals surface area contributed by atoms with Gasteiger partial charge in [0.15, 0.2) is 5.79 Å². The summed E-state index contributed by atoms with van der Waals surface area (Å²) >= 11 is 0. The number of esters is 1. The van der Waals surface area contributed by atoms with Crippen LogP contribution in [-0.4, -0.2) is 60.5 Å². The highest BCUT2D eigenvalue weighted by Crippen LogP contribution is 2.32. The van der Waals surface area contributed by atoms with Gasteiger partial charge in [-0.1, -0.05) is 19.4 Å². The molecule has 1 amide bonds. The van der Waals surface area contributed by atoms with Gasteiger partial charge in [-0.2, -0.15) is 0 Å². The van der Waals surface area contributed by atoms with Gasteiger partial charge >= 0.3 is 12.1 Å². The molecule has 0 saturated carbocycles. The number of aliphatic hydroxyl groups excluding tert-OH is 1. The van der Waals surface area contributed by atoms with Crippen molar-refractivity contribution in [1.29, 1.82) is 0 Å². The summed E-state index contributed by atoms with van der Waals surface area (Å²) < 4.78 is 22.4. The van der Waals surface area contributed by atoms with Crippen LogP contribution in [0.1, 0.15) is 79.6 Å². The summed E-state index contributed by atoms with van der Waals surface area (Å²) in [5.74, 6) is -1.89. The highest BCUT2D eigenvalue weighted by molar-refractivity contribution is 5.73. The highest BCUT2D eigenvalue weighted by Gasteiger charge is 2.37. The Hall–Kier alpha value is -1.64. The molecule has 0 radical (unpaired) electrons. The maximum absolute atomic E-state index is 12.4. The Bertz CT molecular complexity index is 581. The van der Waals surface area contributed by atoms with Crippen molar-refractivity contribution in [2.75, 3.05) is 19.8 Å². The third kappa shape index (κ3) is 10.3. The molecule has 1 fully saturated rings. The molecule has 0 spiro atoms. The predicted molar refractivity (Wildman–Crippen MR) is 122 cm³/mol. The molecule has 0 aliphatic carbocycles. The molecule has 32 heavy (non-hydrogen) atoms. The summed E-state index contributed by atoms with van der Waals surface area (Å²) in [6.07, 6.45) is 4.29. The third-order valence-corrected chi connectivity index (χ3v) is 5.32. The summed E-state index contributed by atoms with van der Waals surface area (Å²) in [7, 11) is 0. The van der Waals surface area contributed by atoms with E-state index >= 15 is 0 Å². The zero-order valence-electron chi connectivity index (χ0n) is 20.5. The summed E-state index contributed by atoms with van der Waals surface area (Å²) in [4.78, 5) is 24.8. The molecule has 1 rings (SSSR count). The van der Waals surface area contributed by atoms with Crippen molar-refractivity contribution in [3.63, 3.8) is 0 Å². The molecule has 0 aromatic heterocycles. The van der Waals surface area contributed by atoms with Crippen LogP contribution in [0.3, 0.4) is 0 Å². The number of hydrogen-bond donors (Lipinski definition) is 2. The van der Waals surface area contributed by atoms with Gasteiger partial charge in [-0.3, -0.25) is 4.79 Å². The normalized spacial score (nSPS) is 18.4. The Labute approximate surface area is 193 Å². The first kappa shape index (κ1) is 28.4. The second-order valence-electron chi connectivity index (χ2n) is 9.28. The zero-order chi connectivity index (χ0) is 24.2. The van der Waals surface area contributed by atoms with Crippen LogP contribution >= 0.6 is 0 Å². The van der Waals surface area contributed by atoms with E-state index in [0.717, 1.165) is 19.3 Å². The van der Waals surface area contributed by atoms with Crippen LogP contribution in [0.25, 0.3) is 0 Å². The summed E-state index contributed by atoms with van der Waals surface area (Å²) in [5, 5.41) is 13.7. The average molecular weight is 458 g/mol. The first-order valence-corrected chi connectivity index (χ1v) is 11.8. The first-order chi connectivity index (χ1) is 15.1. The van der Waals surface area contributed by atoms with Gasteiger partial charge in [0.2, 0.25) is 0 Å². The Balaban J connectivity index is 2.91. The molecular weight excluding hydrogens is 414 g/mol. The van der Waals surface area contributed by atoms with E-state index in [1.165, 1.54) is 0 Å². The molecule has 1 aliphatic heterocycles. The number of ether oxygens (including phenoxy) is 4. The molecule has 1 heterocycles. The smallest absolute Gasteiger partial charge is 0.407 e. The van der Waals surface area contributed by atoms with Gasteiger partial charge in [0.1, 0.15) is 5.60 Å². The fraction of sp³-hybridized carbons (Fsp3) is 0.833. The number of rotatable bonds is 14. The van der Waals surface area contributed by atoms with Gasteiger partial charge in [0.05, 0.1) is 31.8 Å². The standard InChI is InChI=1S/C24H43NO7/c1-7-10-13-24(30-15-16-31-24)14-12-18(25-22(28)32-23(4,5)6)17-20(26)19(11-8-2)21(27)29-9-3/h8,18-20,26H,2,7,9-17H2,1,3-6H3,(H,25,28). The van der Waals surface area contributed by atoms with Gasteiger partial charge in [-0.05, 0) is 53.4 Å². The zero-order valence-corrected chi connectivity index (χ0v) is 20.5. The number of unbranched alkanes of at least 4 members (excludes halogenated alkanes) is 1. The lowest BCUT2D eigenvalue weighted by Crippen LogP contribution is -2.44.